The monoisotopic (exact) mass is 464 g/mol. The summed E-state index contributed by atoms with van der Waals surface area (Å²) in [5.41, 5.74) is 25.9. The van der Waals surface area contributed by atoms with E-state index in [1.165, 1.54) is 0 Å². The number of aromatic nitrogens is 3. The summed E-state index contributed by atoms with van der Waals surface area (Å²) in [6.07, 6.45) is 1.42. The molecule has 2 rings (SSSR count). The van der Waals surface area contributed by atoms with E-state index in [1.54, 1.807) is 0 Å². The van der Waals surface area contributed by atoms with Gasteiger partial charge in [0.1, 0.15) is 0 Å². The van der Waals surface area contributed by atoms with Crippen molar-refractivity contribution in [1.82, 2.24) is 15.0 Å². The molecule has 0 atom stereocenters. The van der Waals surface area contributed by atoms with E-state index < -0.39 is 12.3 Å². The Kier molecular flexibility index (Phi) is 9.12. The summed E-state index contributed by atoms with van der Waals surface area (Å²) >= 11 is -1.66. The van der Waals surface area contributed by atoms with E-state index in [-0.39, 0.29) is 30.3 Å². The first-order valence-electron chi connectivity index (χ1n) is 7.23. The Morgan fingerprint density at radius 3 is 2.00 bits per heavy atom. The number of benzene rings is 1. The van der Waals surface area contributed by atoms with Crippen LogP contribution in [0, 0.1) is 0 Å². The first-order chi connectivity index (χ1) is 11.5. The van der Waals surface area contributed by atoms with Crippen molar-refractivity contribution in [3.63, 3.8) is 0 Å². The average molecular weight is 465 g/mol. The molecule has 0 aliphatic rings. The summed E-state index contributed by atoms with van der Waals surface area (Å²) in [4.78, 5) is 11.9. The second-order valence-corrected chi connectivity index (χ2v) is 13.0. The Hall–Kier alpha value is -0.902. The zero-order chi connectivity index (χ0) is 17.7. The molecule has 0 bridgehead atoms. The van der Waals surface area contributed by atoms with Crippen LogP contribution in [0.1, 0.15) is 11.1 Å². The molecule has 0 unspecified atom stereocenters. The van der Waals surface area contributed by atoms with Crippen LogP contribution in [0.25, 0.3) is 0 Å². The quantitative estimate of drug-likeness (QED) is 0.219. The van der Waals surface area contributed by atoms with Crippen LogP contribution in [0.3, 0.4) is 0 Å². The van der Waals surface area contributed by atoms with Gasteiger partial charge in [0, 0.05) is 0 Å². The molecule has 0 saturated carbocycles. The van der Waals surface area contributed by atoms with E-state index in [1.807, 2.05) is 12.1 Å². The third kappa shape index (κ3) is 5.80. The number of nitrogens with two attached hydrogens (primary N) is 4. The van der Waals surface area contributed by atoms with Gasteiger partial charge in [-0.25, -0.2) is 0 Å². The molecule has 2 aromatic rings. The Balaban J connectivity index is 0.00000312. The number of thiol groups is 2. The average Bonchev–Trinajstić information content (AvgIpc) is 2.49. The van der Waals surface area contributed by atoms with Crippen molar-refractivity contribution >= 4 is 74.4 Å². The van der Waals surface area contributed by atoms with Crippen LogP contribution < -0.4 is 32.6 Å². The molecule has 9 N–H and O–H groups in total. The van der Waals surface area contributed by atoms with Gasteiger partial charge in [-0.3, -0.25) is 0 Å². The molecular formula is C13H22AsClN8S2. The summed E-state index contributed by atoms with van der Waals surface area (Å²) in [6.45, 7) is 1.03. The summed E-state index contributed by atoms with van der Waals surface area (Å²) in [5.74, 6) is 0.404. The normalized spacial score (nSPS) is 10.6. The Morgan fingerprint density at radius 1 is 0.920 bits per heavy atom. The fourth-order valence-electron chi connectivity index (χ4n) is 2.42. The number of rotatable bonds is 7. The SMILES string of the molecule is Cl.NCCc1c(Nc2nc(N)nc(N)n2)ccc([As](S)S)c1CCN. The van der Waals surface area contributed by atoms with Crippen LogP contribution in [-0.2, 0) is 12.8 Å². The summed E-state index contributed by atoms with van der Waals surface area (Å²) in [7, 11) is 9.15. The van der Waals surface area contributed by atoms with Crippen molar-refractivity contribution in [2.45, 2.75) is 12.8 Å². The fourth-order valence-corrected chi connectivity index (χ4v) is 5.83. The van der Waals surface area contributed by atoms with Gasteiger partial charge in [0.15, 0.2) is 0 Å². The van der Waals surface area contributed by atoms with Crippen molar-refractivity contribution < 1.29 is 0 Å². The van der Waals surface area contributed by atoms with Crippen LogP contribution in [0.15, 0.2) is 12.1 Å². The topological polar surface area (TPSA) is 155 Å². The van der Waals surface area contributed by atoms with Crippen molar-refractivity contribution in [2.75, 3.05) is 29.9 Å². The third-order valence-corrected chi connectivity index (χ3v) is 7.35. The number of nitrogens with one attached hydrogen (secondary N) is 1. The minimum atomic E-state index is -1.66. The number of anilines is 4. The zero-order valence-corrected chi connectivity index (χ0v) is 17.9. The van der Waals surface area contributed by atoms with E-state index >= 15 is 0 Å². The molecule has 8 nitrogen and oxygen atoms in total. The molecule has 1 aromatic heterocycles. The second-order valence-electron chi connectivity index (χ2n) is 4.96. The van der Waals surface area contributed by atoms with Gasteiger partial charge in [0.25, 0.3) is 0 Å². The number of halogens is 1. The molecule has 0 saturated heterocycles. The number of nitrogen functional groups attached to an aromatic ring is 2. The van der Waals surface area contributed by atoms with Crippen LogP contribution >= 0.6 is 34.2 Å². The van der Waals surface area contributed by atoms with Crippen molar-refractivity contribution in [3.05, 3.63) is 23.3 Å². The van der Waals surface area contributed by atoms with Gasteiger partial charge in [-0.2, -0.15) is 0 Å². The number of hydrogen-bond donors (Lipinski definition) is 7. The van der Waals surface area contributed by atoms with Crippen LogP contribution in [0.4, 0.5) is 23.5 Å². The van der Waals surface area contributed by atoms with Gasteiger partial charge in [-0.15, -0.1) is 12.4 Å². The summed E-state index contributed by atoms with van der Waals surface area (Å²) < 4.78 is 1.16. The first kappa shape index (κ1) is 22.1. The molecule has 12 heteroatoms. The molecule has 0 amide bonds. The maximum atomic E-state index is 5.80. The van der Waals surface area contributed by atoms with Gasteiger partial charge in [-0.05, 0) is 0 Å². The second kappa shape index (κ2) is 10.3. The Labute approximate surface area is 166 Å². The van der Waals surface area contributed by atoms with E-state index in [0.29, 0.717) is 19.5 Å². The van der Waals surface area contributed by atoms with Crippen molar-refractivity contribution in [1.29, 1.82) is 0 Å². The molecule has 0 aliphatic heterocycles. The Bertz CT molecular complexity index is 698. The molecule has 0 radical (unpaired) electrons. The molecule has 0 spiro atoms. The number of hydrogen-bond acceptors (Lipinski definition) is 10. The molecule has 138 valence electrons. The minimum absolute atomic E-state index is 0. The molecule has 0 aliphatic carbocycles. The summed E-state index contributed by atoms with van der Waals surface area (Å²) in [6, 6.07) is 3.96. The third-order valence-electron chi connectivity index (χ3n) is 3.33. The summed E-state index contributed by atoms with van der Waals surface area (Å²) in [5, 5.41) is 3.15. The van der Waals surface area contributed by atoms with Crippen LogP contribution in [-0.4, -0.2) is 40.4 Å². The van der Waals surface area contributed by atoms with Crippen LogP contribution in [0.2, 0.25) is 0 Å². The van der Waals surface area contributed by atoms with E-state index in [4.69, 9.17) is 22.9 Å². The Morgan fingerprint density at radius 2 is 1.48 bits per heavy atom. The standard InChI is InChI=1S/C13H21AsN8S2.ClH/c15-5-3-7-8(4-6-16)10(2-1-9(7)14(23)24)19-13-21-11(17)20-12(18)22-13;/h1-2,23-24H,3-6,15-16H2,(H5,17,18,19,20,21,22);1H. The molecular weight excluding hydrogens is 443 g/mol. The molecule has 1 aromatic carbocycles. The zero-order valence-electron chi connectivity index (χ0n) is 13.4. The molecule has 25 heavy (non-hydrogen) atoms. The molecule has 0 fully saturated rings. The number of nitrogens with zero attached hydrogens (tertiary/aromatic N) is 3. The van der Waals surface area contributed by atoms with Gasteiger partial charge < -0.3 is 0 Å². The van der Waals surface area contributed by atoms with Gasteiger partial charge in [0.2, 0.25) is 0 Å². The van der Waals surface area contributed by atoms with Crippen LogP contribution in [0.5, 0.6) is 0 Å². The van der Waals surface area contributed by atoms with Crippen molar-refractivity contribution in [2.24, 2.45) is 11.5 Å². The first-order valence-corrected chi connectivity index (χ1v) is 14.0. The van der Waals surface area contributed by atoms with Crippen molar-refractivity contribution in [3.8, 4) is 0 Å². The van der Waals surface area contributed by atoms with Gasteiger partial charge >= 0.3 is 154 Å². The van der Waals surface area contributed by atoms with E-state index in [0.717, 1.165) is 27.6 Å². The van der Waals surface area contributed by atoms with Gasteiger partial charge in [-0.1, -0.05) is 0 Å². The van der Waals surface area contributed by atoms with Gasteiger partial charge in [0.05, 0.1) is 0 Å². The fraction of sp³-hybridized carbons (Fsp3) is 0.308. The maximum absolute atomic E-state index is 5.80. The predicted molar refractivity (Wildman–Crippen MR) is 115 cm³/mol. The van der Waals surface area contributed by atoms with E-state index in [2.05, 4.69) is 42.1 Å². The predicted octanol–water partition coefficient (Wildman–Crippen LogP) is -0.241. The van der Waals surface area contributed by atoms with E-state index in [9.17, 15) is 0 Å². The molecule has 1 heterocycles.